The third kappa shape index (κ3) is 4.42. The molecule has 0 heterocycles. The van der Waals surface area contributed by atoms with Gasteiger partial charge in [0.05, 0.1) is 15.6 Å². The van der Waals surface area contributed by atoms with Crippen molar-refractivity contribution in [3.05, 3.63) is 63.6 Å². The van der Waals surface area contributed by atoms with Gasteiger partial charge in [0, 0.05) is 6.54 Å². The predicted octanol–water partition coefficient (Wildman–Crippen LogP) is 4.53. The maximum atomic E-state index is 12.9. The second-order valence-electron chi connectivity index (χ2n) is 4.85. The van der Waals surface area contributed by atoms with Crippen LogP contribution in [0.5, 0.6) is 0 Å². The lowest BCUT2D eigenvalue weighted by Crippen LogP contribution is -2.27. The molecule has 2 aromatic carbocycles. The van der Waals surface area contributed by atoms with Crippen molar-refractivity contribution in [3.63, 3.8) is 0 Å². The van der Waals surface area contributed by atoms with E-state index in [0.717, 1.165) is 6.07 Å². The molecule has 0 atom stereocenters. The molecule has 2 aromatic rings. The van der Waals surface area contributed by atoms with E-state index in [4.69, 9.17) is 23.2 Å². The van der Waals surface area contributed by atoms with Gasteiger partial charge in [-0.15, -0.1) is 0 Å². The molecule has 24 heavy (non-hydrogen) atoms. The number of rotatable bonds is 5. The largest absolute Gasteiger partial charge is 0.416 e. The Morgan fingerprint density at radius 3 is 2.12 bits per heavy atom. The van der Waals surface area contributed by atoms with Crippen molar-refractivity contribution >= 4 is 33.2 Å². The summed E-state index contributed by atoms with van der Waals surface area (Å²) in [6.07, 6.45) is -4.63. The lowest BCUT2D eigenvalue weighted by molar-refractivity contribution is -0.138. The lowest BCUT2D eigenvalue weighted by atomic mass is 10.0. The van der Waals surface area contributed by atoms with Crippen LogP contribution in [0.4, 0.5) is 13.2 Å². The summed E-state index contributed by atoms with van der Waals surface area (Å²) in [4.78, 5) is -0.294. The topological polar surface area (TPSA) is 46.2 Å². The van der Waals surface area contributed by atoms with Gasteiger partial charge in [0.1, 0.15) is 4.90 Å². The molecule has 0 aliphatic carbocycles. The van der Waals surface area contributed by atoms with Crippen LogP contribution in [0.3, 0.4) is 0 Å². The van der Waals surface area contributed by atoms with Crippen LogP contribution in [-0.2, 0) is 22.6 Å². The molecule has 0 aromatic heterocycles. The van der Waals surface area contributed by atoms with Crippen molar-refractivity contribution in [3.8, 4) is 0 Å². The van der Waals surface area contributed by atoms with E-state index in [2.05, 4.69) is 4.72 Å². The van der Waals surface area contributed by atoms with Crippen molar-refractivity contribution in [1.29, 1.82) is 0 Å². The van der Waals surface area contributed by atoms with Crippen LogP contribution in [0.2, 0.25) is 10.0 Å². The minimum atomic E-state index is -4.50. The predicted molar refractivity (Wildman–Crippen MR) is 86.8 cm³/mol. The van der Waals surface area contributed by atoms with E-state index in [1.54, 1.807) is 0 Å². The van der Waals surface area contributed by atoms with E-state index in [0.29, 0.717) is 0 Å². The van der Waals surface area contributed by atoms with Gasteiger partial charge >= 0.3 is 6.18 Å². The fourth-order valence-corrected chi connectivity index (χ4v) is 4.32. The van der Waals surface area contributed by atoms with Crippen LogP contribution in [0.15, 0.2) is 47.4 Å². The van der Waals surface area contributed by atoms with Crippen LogP contribution in [0.1, 0.15) is 11.1 Å². The summed E-state index contributed by atoms with van der Waals surface area (Å²) < 4.78 is 65.4. The van der Waals surface area contributed by atoms with E-state index in [9.17, 15) is 21.6 Å². The molecule has 130 valence electrons. The quantitative estimate of drug-likeness (QED) is 0.805. The van der Waals surface area contributed by atoms with Gasteiger partial charge in [-0.1, -0.05) is 47.5 Å². The molecule has 0 saturated heterocycles. The van der Waals surface area contributed by atoms with E-state index in [1.165, 1.54) is 36.4 Å². The average molecular weight is 398 g/mol. The second kappa shape index (κ2) is 7.31. The molecule has 0 saturated carbocycles. The second-order valence-corrected chi connectivity index (χ2v) is 7.37. The van der Waals surface area contributed by atoms with Crippen LogP contribution in [-0.4, -0.2) is 15.0 Å². The van der Waals surface area contributed by atoms with E-state index in [1.807, 2.05) is 0 Å². The lowest BCUT2D eigenvalue weighted by Gasteiger charge is -2.13. The summed E-state index contributed by atoms with van der Waals surface area (Å²) in [5.41, 5.74) is -0.794. The maximum Gasteiger partial charge on any atom is 0.416 e. The molecule has 0 aliphatic heterocycles. The first kappa shape index (κ1) is 19.1. The van der Waals surface area contributed by atoms with Gasteiger partial charge in [0.15, 0.2) is 0 Å². The smallest absolute Gasteiger partial charge is 0.211 e. The minimum absolute atomic E-state index is 0.00189. The van der Waals surface area contributed by atoms with Crippen molar-refractivity contribution in [1.82, 2.24) is 4.72 Å². The van der Waals surface area contributed by atoms with Crippen molar-refractivity contribution in [2.45, 2.75) is 17.5 Å². The highest BCUT2D eigenvalue weighted by atomic mass is 35.5. The normalized spacial score (nSPS) is 12.4. The van der Waals surface area contributed by atoms with Crippen molar-refractivity contribution < 1.29 is 21.6 Å². The monoisotopic (exact) mass is 397 g/mol. The Bertz CT molecular complexity index is 819. The zero-order valence-electron chi connectivity index (χ0n) is 12.1. The number of sulfonamides is 1. The summed E-state index contributed by atoms with van der Waals surface area (Å²) in [5, 5.41) is -0.128. The SMILES string of the molecule is O=S(=O)(NCCc1ccccc1C(F)(F)F)c1c(Cl)cccc1Cl. The van der Waals surface area contributed by atoms with Gasteiger partial charge in [-0.3, -0.25) is 0 Å². The first-order valence-corrected chi connectivity index (χ1v) is 8.95. The van der Waals surface area contributed by atoms with Gasteiger partial charge in [0.2, 0.25) is 10.0 Å². The molecule has 2 rings (SSSR count). The van der Waals surface area contributed by atoms with E-state index >= 15 is 0 Å². The fraction of sp³-hybridized carbons (Fsp3) is 0.200. The molecule has 0 aliphatic rings. The number of alkyl halides is 3. The van der Waals surface area contributed by atoms with Crippen LogP contribution in [0, 0.1) is 0 Å². The highest BCUT2D eigenvalue weighted by Gasteiger charge is 2.32. The molecule has 1 N–H and O–H groups in total. The Kier molecular flexibility index (Phi) is 5.80. The number of hydrogen-bond donors (Lipinski definition) is 1. The van der Waals surface area contributed by atoms with Crippen LogP contribution < -0.4 is 4.72 Å². The third-order valence-corrected chi connectivity index (χ3v) is 5.61. The standard InChI is InChI=1S/C15H12Cl2F3NO2S/c16-12-6-3-7-13(17)14(12)24(22,23)21-9-8-10-4-1-2-5-11(10)15(18,19)20/h1-7,21H,8-9H2. The summed E-state index contributed by atoms with van der Waals surface area (Å²) in [7, 11) is -4.04. The first-order valence-electron chi connectivity index (χ1n) is 6.71. The molecule has 0 radical (unpaired) electrons. The van der Waals surface area contributed by atoms with Gasteiger partial charge in [-0.25, -0.2) is 13.1 Å². The Hall–Kier alpha value is -1.28. The molecule has 0 unspecified atom stereocenters. The summed E-state index contributed by atoms with van der Waals surface area (Å²) in [6.45, 7) is -0.225. The molecule has 0 bridgehead atoms. The first-order chi connectivity index (χ1) is 11.1. The number of halogens is 5. The Morgan fingerprint density at radius 2 is 1.54 bits per heavy atom. The number of hydrogen-bond acceptors (Lipinski definition) is 2. The van der Waals surface area contributed by atoms with Gasteiger partial charge in [0.25, 0.3) is 0 Å². The molecule has 0 fully saturated rings. The highest BCUT2D eigenvalue weighted by Crippen LogP contribution is 2.32. The Morgan fingerprint density at radius 1 is 0.958 bits per heavy atom. The zero-order valence-corrected chi connectivity index (χ0v) is 14.4. The minimum Gasteiger partial charge on any atom is -0.211 e. The van der Waals surface area contributed by atoms with Gasteiger partial charge < -0.3 is 0 Å². The summed E-state index contributed by atoms with van der Waals surface area (Å²) in [5.74, 6) is 0. The van der Waals surface area contributed by atoms with Crippen LogP contribution >= 0.6 is 23.2 Å². The molecule has 9 heteroatoms. The number of nitrogens with one attached hydrogen (secondary N) is 1. The Labute approximate surface area is 147 Å². The summed E-state index contributed by atoms with van der Waals surface area (Å²) in [6, 6.07) is 9.21. The van der Waals surface area contributed by atoms with Gasteiger partial charge in [-0.05, 0) is 30.2 Å². The Balaban J connectivity index is 2.16. The maximum absolute atomic E-state index is 12.9. The molecular weight excluding hydrogens is 386 g/mol. The fourth-order valence-electron chi connectivity index (χ4n) is 2.15. The van der Waals surface area contributed by atoms with Gasteiger partial charge in [-0.2, -0.15) is 13.2 Å². The molecule has 3 nitrogen and oxygen atoms in total. The van der Waals surface area contributed by atoms with Crippen LogP contribution in [0.25, 0.3) is 0 Å². The molecule has 0 amide bonds. The average Bonchev–Trinajstić information content (AvgIpc) is 2.46. The third-order valence-electron chi connectivity index (χ3n) is 3.20. The highest BCUT2D eigenvalue weighted by molar-refractivity contribution is 7.89. The van der Waals surface area contributed by atoms with Crippen molar-refractivity contribution in [2.75, 3.05) is 6.54 Å². The summed E-state index contributed by atoms with van der Waals surface area (Å²) >= 11 is 11.7. The molecule has 0 spiro atoms. The number of benzene rings is 2. The van der Waals surface area contributed by atoms with E-state index in [-0.39, 0.29) is 33.5 Å². The molecular formula is C15H12Cl2F3NO2S. The van der Waals surface area contributed by atoms with E-state index < -0.39 is 21.8 Å². The zero-order chi connectivity index (χ0) is 18.0. The van der Waals surface area contributed by atoms with Crippen molar-refractivity contribution in [2.24, 2.45) is 0 Å².